The molecule has 0 radical (unpaired) electrons. The van der Waals surface area contributed by atoms with Crippen LogP contribution >= 0.6 is 0 Å². The normalized spacial score (nSPS) is 23.8. The average molecular weight is 413 g/mol. The van der Waals surface area contributed by atoms with Crippen LogP contribution in [0.2, 0.25) is 0 Å². The van der Waals surface area contributed by atoms with Gasteiger partial charge in [0, 0.05) is 37.9 Å². The summed E-state index contributed by atoms with van der Waals surface area (Å²) in [5.74, 6) is 0.353. The van der Waals surface area contributed by atoms with Crippen LogP contribution in [0.1, 0.15) is 37.7 Å². The van der Waals surface area contributed by atoms with Gasteiger partial charge in [0.15, 0.2) is 0 Å². The molecule has 0 unspecified atom stereocenters. The number of nitrogens with one attached hydrogen (secondary N) is 1. The molecule has 2 fully saturated rings. The van der Waals surface area contributed by atoms with Crippen molar-refractivity contribution in [3.05, 3.63) is 29.8 Å². The van der Waals surface area contributed by atoms with E-state index < -0.39 is 18.3 Å². The number of carbonyl (C=O) groups excluding carboxylic acids is 1. The summed E-state index contributed by atoms with van der Waals surface area (Å²) < 4.78 is 38.8. The Bertz CT molecular complexity index is 667. The SMILES string of the molecule is O=C(CO)N[C@H]1CC[C@H](CCN2CCN(c3cccc(C(F)(F)F)c3)CC2)CC1. The molecule has 0 atom stereocenters. The van der Waals surface area contributed by atoms with E-state index in [1.807, 2.05) is 4.90 Å². The molecule has 0 spiro atoms. The van der Waals surface area contributed by atoms with E-state index in [0.717, 1.165) is 70.9 Å². The predicted octanol–water partition coefficient (Wildman–Crippen LogP) is 2.88. The van der Waals surface area contributed by atoms with Crippen molar-refractivity contribution in [2.75, 3.05) is 44.2 Å². The number of amides is 1. The maximum atomic E-state index is 12.9. The van der Waals surface area contributed by atoms with Gasteiger partial charge in [0.1, 0.15) is 6.61 Å². The molecule has 1 heterocycles. The molecule has 1 aliphatic carbocycles. The molecule has 2 aliphatic rings. The first-order valence-corrected chi connectivity index (χ1v) is 10.4. The van der Waals surface area contributed by atoms with Crippen molar-refractivity contribution in [3.8, 4) is 0 Å². The molecule has 1 amide bonds. The van der Waals surface area contributed by atoms with Gasteiger partial charge in [-0.25, -0.2) is 0 Å². The van der Waals surface area contributed by atoms with Gasteiger partial charge in [0.2, 0.25) is 5.91 Å². The highest BCUT2D eigenvalue weighted by Crippen LogP contribution is 2.32. The molecule has 1 aromatic rings. The van der Waals surface area contributed by atoms with Gasteiger partial charge in [-0.1, -0.05) is 6.07 Å². The Morgan fingerprint density at radius 1 is 1.10 bits per heavy atom. The first-order valence-electron chi connectivity index (χ1n) is 10.4. The van der Waals surface area contributed by atoms with Crippen molar-refractivity contribution in [1.82, 2.24) is 10.2 Å². The lowest BCUT2D eigenvalue weighted by Gasteiger charge is -2.37. The summed E-state index contributed by atoms with van der Waals surface area (Å²) >= 11 is 0. The zero-order chi connectivity index (χ0) is 20.9. The highest BCUT2D eigenvalue weighted by Gasteiger charge is 2.31. The van der Waals surface area contributed by atoms with Gasteiger partial charge in [-0.2, -0.15) is 13.2 Å². The summed E-state index contributed by atoms with van der Waals surface area (Å²) in [4.78, 5) is 15.7. The van der Waals surface area contributed by atoms with E-state index in [1.165, 1.54) is 12.1 Å². The van der Waals surface area contributed by atoms with E-state index >= 15 is 0 Å². The molecular formula is C21H30F3N3O2. The smallest absolute Gasteiger partial charge is 0.387 e. The van der Waals surface area contributed by atoms with Crippen molar-refractivity contribution in [2.24, 2.45) is 5.92 Å². The van der Waals surface area contributed by atoms with E-state index in [-0.39, 0.29) is 11.9 Å². The first kappa shape index (κ1) is 21.9. The van der Waals surface area contributed by atoms with Crippen LogP contribution in [-0.2, 0) is 11.0 Å². The Morgan fingerprint density at radius 2 is 1.79 bits per heavy atom. The van der Waals surface area contributed by atoms with Gasteiger partial charge < -0.3 is 15.3 Å². The summed E-state index contributed by atoms with van der Waals surface area (Å²) in [6, 6.07) is 5.76. The van der Waals surface area contributed by atoms with Crippen molar-refractivity contribution in [1.29, 1.82) is 0 Å². The molecule has 1 aromatic carbocycles. The fourth-order valence-corrected chi connectivity index (χ4v) is 4.34. The standard InChI is InChI=1S/C21H30F3N3O2/c22-21(23,24)17-2-1-3-19(14-17)27-12-10-26(11-13-27)9-8-16-4-6-18(7-5-16)25-20(29)15-28/h1-3,14,16,18,28H,4-13,15H2,(H,25,29)/t16-,18-. The van der Waals surface area contributed by atoms with Crippen molar-refractivity contribution < 1.29 is 23.1 Å². The summed E-state index contributed by atoms with van der Waals surface area (Å²) in [6.07, 6.45) is 0.891. The number of carbonyl (C=O) groups is 1. The second-order valence-corrected chi connectivity index (χ2v) is 8.11. The molecule has 0 bridgehead atoms. The molecule has 2 N–H and O–H groups in total. The molecule has 5 nitrogen and oxygen atoms in total. The maximum Gasteiger partial charge on any atom is 0.416 e. The van der Waals surface area contributed by atoms with Gasteiger partial charge in [-0.05, 0) is 62.8 Å². The zero-order valence-electron chi connectivity index (χ0n) is 16.6. The lowest BCUT2D eigenvalue weighted by Crippen LogP contribution is -2.47. The number of hydrogen-bond donors (Lipinski definition) is 2. The predicted molar refractivity (Wildman–Crippen MR) is 106 cm³/mol. The largest absolute Gasteiger partial charge is 0.416 e. The third kappa shape index (κ3) is 6.34. The molecule has 29 heavy (non-hydrogen) atoms. The number of aliphatic hydroxyl groups is 1. The lowest BCUT2D eigenvalue weighted by atomic mass is 9.84. The van der Waals surface area contributed by atoms with Crippen LogP contribution in [0.3, 0.4) is 0 Å². The average Bonchev–Trinajstić information content (AvgIpc) is 2.73. The number of benzene rings is 1. The minimum absolute atomic E-state index is 0.182. The van der Waals surface area contributed by atoms with Crippen LogP contribution < -0.4 is 10.2 Å². The Kier molecular flexibility index (Phi) is 7.40. The van der Waals surface area contributed by atoms with E-state index in [2.05, 4.69) is 10.2 Å². The van der Waals surface area contributed by atoms with Crippen molar-refractivity contribution in [3.63, 3.8) is 0 Å². The summed E-state index contributed by atoms with van der Waals surface area (Å²) in [5.41, 5.74) is 0.0472. The zero-order valence-corrected chi connectivity index (χ0v) is 16.6. The summed E-state index contributed by atoms with van der Waals surface area (Å²) in [5, 5.41) is 11.7. The number of rotatable bonds is 6. The van der Waals surface area contributed by atoms with Crippen molar-refractivity contribution in [2.45, 2.75) is 44.3 Å². The maximum absolute atomic E-state index is 12.9. The molecule has 3 rings (SSSR count). The molecule has 8 heteroatoms. The van der Waals surface area contributed by atoms with E-state index in [9.17, 15) is 18.0 Å². The van der Waals surface area contributed by atoms with Crippen LogP contribution in [0.25, 0.3) is 0 Å². The second-order valence-electron chi connectivity index (χ2n) is 8.11. The van der Waals surface area contributed by atoms with Gasteiger partial charge in [0.05, 0.1) is 5.56 Å². The Hall–Kier alpha value is -1.80. The van der Waals surface area contributed by atoms with Crippen LogP contribution in [0.5, 0.6) is 0 Å². The first-order chi connectivity index (χ1) is 13.8. The molecule has 162 valence electrons. The van der Waals surface area contributed by atoms with Crippen LogP contribution in [-0.4, -0.2) is 61.3 Å². The number of aliphatic hydroxyl groups excluding tert-OH is 1. The summed E-state index contributed by atoms with van der Waals surface area (Å²) in [7, 11) is 0. The molecular weight excluding hydrogens is 383 g/mol. The quantitative estimate of drug-likeness (QED) is 0.753. The second kappa shape index (κ2) is 9.80. The number of alkyl halides is 3. The monoisotopic (exact) mass is 413 g/mol. The number of nitrogens with zero attached hydrogens (tertiary/aromatic N) is 2. The Morgan fingerprint density at radius 3 is 2.41 bits per heavy atom. The molecule has 1 saturated heterocycles. The molecule has 0 aromatic heterocycles. The van der Waals surface area contributed by atoms with Gasteiger partial charge >= 0.3 is 6.18 Å². The Balaban J connectivity index is 1.38. The minimum atomic E-state index is -4.31. The van der Waals surface area contributed by atoms with E-state index in [0.29, 0.717) is 11.6 Å². The fourth-order valence-electron chi connectivity index (χ4n) is 4.34. The Labute approximate surface area is 169 Å². The lowest BCUT2D eigenvalue weighted by molar-refractivity contribution is -0.137. The van der Waals surface area contributed by atoms with E-state index in [4.69, 9.17) is 5.11 Å². The molecule has 1 saturated carbocycles. The van der Waals surface area contributed by atoms with Crippen molar-refractivity contribution >= 4 is 11.6 Å². The number of anilines is 1. The number of hydrogen-bond acceptors (Lipinski definition) is 4. The van der Waals surface area contributed by atoms with Crippen LogP contribution in [0.4, 0.5) is 18.9 Å². The number of halogens is 3. The third-order valence-electron chi connectivity index (χ3n) is 6.12. The van der Waals surface area contributed by atoms with Gasteiger partial charge in [-0.15, -0.1) is 0 Å². The van der Waals surface area contributed by atoms with Gasteiger partial charge in [-0.3, -0.25) is 9.69 Å². The molecule has 1 aliphatic heterocycles. The van der Waals surface area contributed by atoms with E-state index in [1.54, 1.807) is 6.07 Å². The fraction of sp³-hybridized carbons (Fsp3) is 0.667. The number of piperazine rings is 1. The third-order valence-corrected chi connectivity index (χ3v) is 6.12. The van der Waals surface area contributed by atoms with Gasteiger partial charge in [0.25, 0.3) is 0 Å². The minimum Gasteiger partial charge on any atom is -0.387 e. The highest BCUT2D eigenvalue weighted by molar-refractivity contribution is 5.77. The van der Waals surface area contributed by atoms with Crippen LogP contribution in [0, 0.1) is 5.92 Å². The highest BCUT2D eigenvalue weighted by atomic mass is 19.4. The van der Waals surface area contributed by atoms with Crippen LogP contribution in [0.15, 0.2) is 24.3 Å². The summed E-state index contributed by atoms with van der Waals surface area (Å²) in [6.45, 7) is 3.75. The topological polar surface area (TPSA) is 55.8 Å².